The van der Waals surface area contributed by atoms with Gasteiger partial charge < -0.3 is 4.90 Å². The average Bonchev–Trinajstić information content (AvgIpc) is 3.41. The molecule has 0 amide bonds. The molecule has 236 valence electrons. The Morgan fingerprint density at radius 2 is 1.14 bits per heavy atom. The summed E-state index contributed by atoms with van der Waals surface area (Å²) in [7, 11) is -2.17. The van der Waals surface area contributed by atoms with Crippen LogP contribution in [0.2, 0.25) is 13.1 Å². The summed E-state index contributed by atoms with van der Waals surface area (Å²) in [5.74, 6) is 0. The number of para-hydroxylation sites is 2. The van der Waals surface area contributed by atoms with E-state index in [4.69, 9.17) is 4.98 Å². The second-order valence-corrected chi connectivity index (χ2v) is 18.3. The van der Waals surface area contributed by atoms with Gasteiger partial charge in [0.25, 0.3) is 0 Å². The summed E-state index contributed by atoms with van der Waals surface area (Å²) in [4.78, 5) is 7.44. The third-order valence-corrected chi connectivity index (χ3v) is 14.3. The molecule has 2 nitrogen and oxygen atoms in total. The molecule has 0 radical (unpaired) electrons. The van der Waals surface area contributed by atoms with Crippen molar-refractivity contribution in [2.45, 2.75) is 13.1 Å². The van der Waals surface area contributed by atoms with Crippen LogP contribution in [-0.4, -0.2) is 13.1 Å². The van der Waals surface area contributed by atoms with Crippen molar-refractivity contribution < 1.29 is 0 Å². The third kappa shape index (κ3) is 4.23. The molecule has 8 aromatic carbocycles. The van der Waals surface area contributed by atoms with Crippen LogP contribution in [0.4, 0.5) is 17.1 Å². The van der Waals surface area contributed by atoms with Crippen molar-refractivity contribution >= 4 is 67.8 Å². The first kappa shape index (κ1) is 28.9. The number of hydrogen-bond acceptors (Lipinski definition) is 2. The first-order valence-corrected chi connectivity index (χ1v) is 20.4. The van der Waals surface area contributed by atoms with Crippen LogP contribution in [0.3, 0.4) is 0 Å². The van der Waals surface area contributed by atoms with Gasteiger partial charge >= 0.3 is 0 Å². The number of nitrogens with zero attached hydrogens (tertiary/aromatic N) is 2. The highest BCUT2D eigenvalue weighted by Gasteiger charge is 2.41. The largest absolute Gasteiger partial charge is 0.311 e. The molecule has 0 aliphatic carbocycles. The lowest BCUT2D eigenvalue weighted by Crippen LogP contribution is -2.49. The van der Waals surface area contributed by atoms with Crippen molar-refractivity contribution in [2.75, 3.05) is 4.90 Å². The summed E-state index contributed by atoms with van der Waals surface area (Å²) in [6.45, 7) is 5.09. The SMILES string of the molecule is C[Si]1(C)c2cc(N(c3ccccc3)c3ccccc3)ccc2-c2c1c1cccc3c(-c4ccc(-c5ccccc5)cn4)cc4cccc2c4c31. The number of hydrogen-bond donors (Lipinski definition) is 0. The van der Waals surface area contributed by atoms with E-state index in [1.165, 1.54) is 65.4 Å². The smallest absolute Gasteiger partial charge is 0.114 e. The van der Waals surface area contributed by atoms with E-state index in [0.29, 0.717) is 0 Å². The summed E-state index contributed by atoms with van der Waals surface area (Å²) in [6, 6.07) is 59.7. The number of anilines is 3. The van der Waals surface area contributed by atoms with Crippen molar-refractivity contribution in [3.05, 3.63) is 170 Å². The Bertz CT molecular complexity index is 2660. The van der Waals surface area contributed by atoms with Gasteiger partial charge in [-0.15, -0.1) is 0 Å². The fourth-order valence-electron chi connectivity index (χ4n) is 8.57. The maximum Gasteiger partial charge on any atom is 0.114 e. The Hall–Kier alpha value is -6.03. The lowest BCUT2D eigenvalue weighted by Gasteiger charge is -2.27. The van der Waals surface area contributed by atoms with Gasteiger partial charge in [-0.2, -0.15) is 0 Å². The van der Waals surface area contributed by atoms with Gasteiger partial charge in [0.1, 0.15) is 8.07 Å². The summed E-state index contributed by atoms with van der Waals surface area (Å²) >= 11 is 0. The number of benzene rings is 8. The summed E-state index contributed by atoms with van der Waals surface area (Å²) in [6.07, 6.45) is 2.02. The predicted molar refractivity (Wildman–Crippen MR) is 216 cm³/mol. The van der Waals surface area contributed by atoms with Crippen LogP contribution in [0.15, 0.2) is 170 Å². The molecule has 3 heteroatoms. The van der Waals surface area contributed by atoms with E-state index in [2.05, 4.69) is 182 Å². The summed E-state index contributed by atoms with van der Waals surface area (Å²) < 4.78 is 0. The van der Waals surface area contributed by atoms with Gasteiger partial charge in [0.05, 0.1) is 5.69 Å². The van der Waals surface area contributed by atoms with Gasteiger partial charge in [0, 0.05) is 34.4 Å². The van der Waals surface area contributed by atoms with E-state index in [0.717, 1.165) is 22.6 Å². The maximum absolute atomic E-state index is 5.05. The first-order chi connectivity index (χ1) is 24.6. The van der Waals surface area contributed by atoms with Crippen LogP contribution in [-0.2, 0) is 0 Å². The second-order valence-electron chi connectivity index (χ2n) is 14.0. The Morgan fingerprint density at radius 1 is 0.480 bits per heavy atom. The molecule has 50 heavy (non-hydrogen) atoms. The second kappa shape index (κ2) is 11.0. The van der Waals surface area contributed by atoms with Gasteiger partial charge in [-0.3, -0.25) is 4.98 Å². The van der Waals surface area contributed by atoms with E-state index in [9.17, 15) is 0 Å². The molecule has 10 rings (SSSR count). The molecule has 0 saturated carbocycles. The standard InChI is InChI=1S/C47H34N2Si/c1-50(2)43-29-36(49(34-17-8-4-9-18-34)35-19-10-5-11-20-35)25-26-38(43)46-39-22-12-16-32-28-41(37-21-13-23-40(47(46)50)45(37)44(32)39)42-27-24-33(30-48-42)31-14-6-3-7-15-31/h3-30H,1-2H3. The first-order valence-electron chi connectivity index (χ1n) is 17.4. The average molecular weight is 655 g/mol. The van der Waals surface area contributed by atoms with Crippen molar-refractivity contribution in [2.24, 2.45) is 0 Å². The minimum atomic E-state index is -2.17. The van der Waals surface area contributed by atoms with Gasteiger partial charge in [-0.1, -0.05) is 128 Å². The van der Waals surface area contributed by atoms with Gasteiger partial charge in [0.2, 0.25) is 0 Å². The molecule has 0 N–H and O–H groups in total. The molecule has 1 aromatic heterocycles. The Labute approximate surface area is 293 Å². The van der Waals surface area contributed by atoms with Crippen molar-refractivity contribution in [1.29, 1.82) is 0 Å². The molecule has 1 aliphatic heterocycles. The van der Waals surface area contributed by atoms with Crippen LogP contribution < -0.4 is 15.3 Å². The zero-order valence-electron chi connectivity index (χ0n) is 28.1. The highest BCUT2D eigenvalue weighted by atomic mass is 28.3. The van der Waals surface area contributed by atoms with Gasteiger partial charge in [-0.25, -0.2) is 0 Å². The van der Waals surface area contributed by atoms with Gasteiger partial charge in [-0.05, 0) is 108 Å². The van der Waals surface area contributed by atoms with Crippen LogP contribution in [0.1, 0.15) is 0 Å². The van der Waals surface area contributed by atoms with E-state index in [1.807, 2.05) is 6.20 Å². The monoisotopic (exact) mass is 654 g/mol. The zero-order valence-corrected chi connectivity index (χ0v) is 29.1. The number of aromatic nitrogens is 1. The Morgan fingerprint density at radius 3 is 1.84 bits per heavy atom. The predicted octanol–water partition coefficient (Wildman–Crippen LogP) is 11.6. The molecule has 2 heterocycles. The van der Waals surface area contributed by atoms with Crippen LogP contribution >= 0.6 is 0 Å². The van der Waals surface area contributed by atoms with E-state index in [-0.39, 0.29) is 0 Å². The zero-order chi connectivity index (χ0) is 33.4. The van der Waals surface area contributed by atoms with Crippen molar-refractivity contribution in [3.63, 3.8) is 0 Å². The highest BCUT2D eigenvalue weighted by molar-refractivity contribution is 7.05. The third-order valence-electron chi connectivity index (χ3n) is 10.8. The van der Waals surface area contributed by atoms with Gasteiger partial charge in [0.15, 0.2) is 0 Å². The number of fused-ring (bicyclic) bond motifs is 5. The number of pyridine rings is 1. The van der Waals surface area contributed by atoms with Crippen molar-refractivity contribution in [1.82, 2.24) is 4.98 Å². The van der Waals surface area contributed by atoms with Crippen LogP contribution in [0.5, 0.6) is 0 Å². The summed E-state index contributed by atoms with van der Waals surface area (Å²) in [5.41, 5.74) is 10.8. The van der Waals surface area contributed by atoms with E-state index in [1.54, 1.807) is 5.19 Å². The quantitative estimate of drug-likeness (QED) is 0.136. The number of rotatable bonds is 5. The Kier molecular flexibility index (Phi) is 6.36. The molecule has 0 atom stereocenters. The fourth-order valence-corrected chi connectivity index (χ4v) is 12.0. The van der Waals surface area contributed by atoms with Crippen LogP contribution in [0.25, 0.3) is 65.8 Å². The molecular formula is C47H34N2Si. The molecule has 0 saturated heterocycles. The van der Waals surface area contributed by atoms with Crippen LogP contribution in [0, 0.1) is 0 Å². The molecule has 0 unspecified atom stereocenters. The molecule has 0 bridgehead atoms. The van der Waals surface area contributed by atoms with Crippen molar-refractivity contribution in [3.8, 4) is 33.5 Å². The minimum absolute atomic E-state index is 1.01. The van der Waals surface area contributed by atoms with E-state index < -0.39 is 8.07 Å². The molecule has 9 aromatic rings. The lowest BCUT2D eigenvalue weighted by molar-refractivity contribution is 1.29. The Balaban J connectivity index is 1.19. The normalized spacial score (nSPS) is 13.2. The summed E-state index contributed by atoms with van der Waals surface area (Å²) in [5, 5.41) is 11.1. The molecule has 0 spiro atoms. The fraction of sp³-hybridized carbons (Fsp3) is 0.0426. The maximum atomic E-state index is 5.05. The lowest BCUT2D eigenvalue weighted by atomic mass is 9.86. The molecule has 0 fully saturated rings. The topological polar surface area (TPSA) is 16.1 Å². The molecule has 1 aliphatic rings. The highest BCUT2D eigenvalue weighted by Crippen LogP contribution is 2.46. The van der Waals surface area contributed by atoms with E-state index >= 15 is 0 Å². The minimum Gasteiger partial charge on any atom is -0.311 e. The molecular weight excluding hydrogens is 621 g/mol.